The van der Waals surface area contributed by atoms with Crippen molar-refractivity contribution in [3.8, 4) is 0 Å². The number of phosphoric ester groups is 2. The van der Waals surface area contributed by atoms with Crippen LogP contribution in [0.25, 0.3) is 0 Å². The quantitative estimate of drug-likeness (QED) is 0.0190. The van der Waals surface area contributed by atoms with Crippen molar-refractivity contribution in [3.05, 3.63) is 0 Å². The fourth-order valence-electron chi connectivity index (χ4n) is 7.63. The van der Waals surface area contributed by atoms with Crippen LogP contribution in [0, 0.1) is 0 Å². The maximum Gasteiger partial charge on any atom is 0.470 e. The summed E-state index contributed by atoms with van der Waals surface area (Å²) in [6, 6.07) is 0. The van der Waals surface area contributed by atoms with E-state index in [-0.39, 0.29) is 12.8 Å². The van der Waals surface area contributed by atoms with Crippen LogP contribution in [0.5, 0.6) is 0 Å². The largest absolute Gasteiger partial charge is 0.470 e. The molecule has 0 heterocycles. The smallest absolute Gasteiger partial charge is 0.462 e. The summed E-state index contributed by atoms with van der Waals surface area (Å²) < 4.78 is 68.2. The Morgan fingerprint density at radius 3 is 1.31 bits per heavy atom. The van der Waals surface area contributed by atoms with E-state index in [9.17, 15) is 53.1 Å². The first-order valence-electron chi connectivity index (χ1n) is 23.5. The molecule has 0 aromatic carbocycles. The minimum absolute atomic E-state index is 0.0508. The van der Waals surface area contributed by atoms with Gasteiger partial charge in [-0.05, 0) is 12.8 Å². The Labute approximate surface area is 371 Å². The molecule has 7 atom stereocenters. The van der Waals surface area contributed by atoms with Crippen molar-refractivity contribution in [2.75, 3.05) is 19.9 Å². The second-order valence-corrected chi connectivity index (χ2v) is 21.4. The van der Waals surface area contributed by atoms with Crippen molar-refractivity contribution in [1.29, 1.82) is 0 Å². The molecule has 0 saturated heterocycles. The van der Waals surface area contributed by atoms with Gasteiger partial charge in [0.2, 0.25) is 0 Å². The van der Waals surface area contributed by atoms with Crippen LogP contribution in [0.1, 0.15) is 200 Å². The van der Waals surface area contributed by atoms with E-state index in [1.54, 1.807) is 0 Å². The van der Waals surface area contributed by atoms with Crippen LogP contribution in [0.2, 0.25) is 0 Å². The van der Waals surface area contributed by atoms with Crippen LogP contribution in [-0.2, 0) is 50.9 Å². The lowest BCUT2D eigenvalue weighted by Crippen LogP contribution is -2.57. The maximum atomic E-state index is 14.0. The van der Waals surface area contributed by atoms with Crippen LogP contribution in [0.4, 0.5) is 0 Å². The highest BCUT2D eigenvalue weighted by molar-refractivity contribution is 7.53. The number of phosphoric acid groups is 2. The van der Waals surface area contributed by atoms with Gasteiger partial charge in [0.25, 0.3) is 0 Å². The van der Waals surface area contributed by atoms with E-state index in [1.807, 2.05) is 0 Å². The Balaban J connectivity index is 2.79. The van der Waals surface area contributed by atoms with Crippen molar-refractivity contribution in [2.24, 2.45) is 0 Å². The first kappa shape index (κ1) is 59.2. The lowest BCUT2D eigenvalue weighted by Gasteiger charge is -2.42. The monoisotopic (exact) mass is 952 g/mol. The molecule has 0 bridgehead atoms. The van der Waals surface area contributed by atoms with Crippen LogP contribution >= 0.6 is 23.2 Å². The van der Waals surface area contributed by atoms with Crippen LogP contribution in [0.3, 0.4) is 0 Å². The van der Waals surface area contributed by atoms with Crippen LogP contribution < -0.4 is 0 Å². The van der Waals surface area contributed by atoms with Gasteiger partial charge in [0, 0.05) is 26.4 Å². The summed E-state index contributed by atoms with van der Waals surface area (Å²) in [5, 5.41) is 21.5. The minimum Gasteiger partial charge on any atom is -0.462 e. The molecule has 0 aromatic heterocycles. The summed E-state index contributed by atoms with van der Waals surface area (Å²) in [7, 11) is -14.2. The number of esters is 2. The lowest BCUT2D eigenvalue weighted by atomic mass is 9.87. The fourth-order valence-corrected chi connectivity index (χ4v) is 10.4. The highest BCUT2D eigenvalue weighted by atomic mass is 31.2. The second kappa shape index (κ2) is 34.5. The summed E-state index contributed by atoms with van der Waals surface area (Å²) >= 11 is 0. The third kappa shape index (κ3) is 30.4. The normalized spacial score (nSPS) is 21.1. The van der Waals surface area contributed by atoms with Gasteiger partial charge in [0.1, 0.15) is 37.1 Å². The highest BCUT2D eigenvalue weighted by Gasteiger charge is 2.51. The number of aliphatic hydroxyl groups excluding tert-OH is 2. The molecule has 6 N–H and O–H groups in total. The number of rotatable bonds is 40. The first-order valence-corrected chi connectivity index (χ1v) is 28.2. The minimum atomic E-state index is -5.38. The molecule has 1 rings (SSSR count). The van der Waals surface area contributed by atoms with Crippen molar-refractivity contribution >= 4 is 35.2 Å². The van der Waals surface area contributed by atoms with Crippen LogP contribution in [0.15, 0.2) is 0 Å². The summed E-state index contributed by atoms with van der Waals surface area (Å²) in [5.74, 6) is -1.17. The maximum absolute atomic E-state index is 14.0. The van der Waals surface area contributed by atoms with Gasteiger partial charge in [0.15, 0.2) is 0 Å². The third-order valence-corrected chi connectivity index (χ3v) is 14.2. The van der Waals surface area contributed by atoms with E-state index >= 15 is 0 Å². The molecule has 0 aromatic rings. The predicted molar refractivity (Wildman–Crippen MR) is 236 cm³/mol. The summed E-state index contributed by atoms with van der Waals surface area (Å²) in [6.45, 7) is 3.94. The molecule has 62 heavy (non-hydrogen) atoms. The van der Waals surface area contributed by atoms with E-state index < -0.39 is 91.0 Å². The third-order valence-electron chi connectivity index (χ3n) is 11.1. The second-order valence-electron chi connectivity index (χ2n) is 16.8. The SMILES string of the molecule is CCCCCCCCCCCCCCCC(=O)OCC(CP(=O)(OC)O[C@H]1C[C@@H](OP(=O)(O)O)[C@H](OP(=O)(O)O)[C@@H](O)[C@H]1O)OC(=O)CCCCCCCCCCCCCCC. The molecule has 1 fully saturated rings. The predicted octanol–water partition coefficient (Wildman–Crippen LogP) is 9.71. The van der Waals surface area contributed by atoms with E-state index in [4.69, 9.17) is 18.5 Å². The standard InChI is InChI=1S/C42H83O17P3/c1-4-6-8-10-12-14-16-18-20-22-24-26-28-30-38(43)55-33-35(56-39(44)31-29-27-25-23-21-19-17-15-13-11-9-7-5-2)34-60(47,54-3)57-36-32-37(58-61(48,49)50)42(41(46)40(36)45)59-62(51,52)53/h35-37,40-42,45-46H,4-34H2,1-3H3,(H2,48,49,50)(H2,51,52,53)/t35?,36-,37+,40-,41-,42-,60?/m0/s1. The number of hydrogen-bond acceptors (Lipinski definition) is 13. The summed E-state index contributed by atoms with van der Waals surface area (Å²) in [6.07, 6.45) is 16.7. The zero-order chi connectivity index (χ0) is 46.3. The molecule has 368 valence electrons. The molecule has 1 saturated carbocycles. The number of unbranched alkanes of at least 4 members (excludes halogenated alkanes) is 24. The van der Waals surface area contributed by atoms with E-state index in [0.29, 0.717) is 12.8 Å². The number of aliphatic hydroxyl groups is 2. The molecule has 0 amide bonds. The van der Waals surface area contributed by atoms with Crippen molar-refractivity contribution < 1.29 is 80.6 Å². The zero-order valence-electron chi connectivity index (χ0n) is 37.9. The van der Waals surface area contributed by atoms with Crippen molar-refractivity contribution in [2.45, 2.75) is 237 Å². The molecule has 0 aliphatic heterocycles. The molecule has 17 nitrogen and oxygen atoms in total. The topological polar surface area (TPSA) is 262 Å². The Morgan fingerprint density at radius 2 is 0.919 bits per heavy atom. The lowest BCUT2D eigenvalue weighted by molar-refractivity contribution is -0.165. The molecule has 0 radical (unpaired) electrons. The Hall–Kier alpha value is -0.770. The van der Waals surface area contributed by atoms with Crippen molar-refractivity contribution in [1.82, 2.24) is 0 Å². The van der Waals surface area contributed by atoms with Crippen LogP contribution in [-0.4, -0.2) is 98.2 Å². The molecule has 1 aliphatic carbocycles. The van der Waals surface area contributed by atoms with Gasteiger partial charge in [-0.15, -0.1) is 0 Å². The first-order chi connectivity index (χ1) is 29.4. The van der Waals surface area contributed by atoms with E-state index in [2.05, 4.69) is 22.9 Å². The highest BCUT2D eigenvalue weighted by Crippen LogP contribution is 2.53. The zero-order valence-corrected chi connectivity index (χ0v) is 40.6. The average Bonchev–Trinajstić information content (AvgIpc) is 3.20. The summed E-state index contributed by atoms with van der Waals surface area (Å²) in [4.78, 5) is 63.2. The number of carbonyl (C=O) groups excluding carboxylic acids is 2. The van der Waals surface area contributed by atoms with Gasteiger partial charge in [-0.2, -0.15) is 0 Å². The number of ether oxygens (including phenoxy) is 2. The van der Waals surface area contributed by atoms with Gasteiger partial charge in [-0.1, -0.05) is 168 Å². The molecule has 2 unspecified atom stereocenters. The molecular weight excluding hydrogens is 869 g/mol. The molecular formula is C42H83O17P3. The molecule has 20 heteroatoms. The average molecular weight is 953 g/mol. The van der Waals surface area contributed by atoms with Gasteiger partial charge >= 0.3 is 35.2 Å². The number of carbonyl (C=O) groups is 2. The van der Waals surface area contributed by atoms with Gasteiger partial charge in [-0.25, -0.2) is 9.13 Å². The van der Waals surface area contributed by atoms with E-state index in [0.717, 1.165) is 58.5 Å². The Morgan fingerprint density at radius 1 is 0.532 bits per heavy atom. The summed E-state index contributed by atoms with van der Waals surface area (Å²) in [5.41, 5.74) is 0. The molecule has 1 aliphatic rings. The molecule has 0 spiro atoms. The van der Waals surface area contributed by atoms with Gasteiger partial charge in [0.05, 0.1) is 12.3 Å². The van der Waals surface area contributed by atoms with Gasteiger partial charge < -0.3 is 48.3 Å². The van der Waals surface area contributed by atoms with Gasteiger partial charge in [-0.3, -0.25) is 23.2 Å². The Kier molecular flexibility index (Phi) is 33.0. The van der Waals surface area contributed by atoms with Crippen molar-refractivity contribution in [3.63, 3.8) is 0 Å². The van der Waals surface area contributed by atoms with E-state index in [1.165, 1.54) is 103 Å². The fraction of sp³-hybridized carbons (Fsp3) is 0.952. The number of hydrogen-bond donors (Lipinski definition) is 6. The Bertz CT molecular complexity index is 1310.